The van der Waals surface area contributed by atoms with Crippen molar-refractivity contribution in [2.45, 2.75) is 25.8 Å². The van der Waals surface area contributed by atoms with E-state index in [4.69, 9.17) is 16.3 Å². The highest BCUT2D eigenvalue weighted by molar-refractivity contribution is 6.33. The van der Waals surface area contributed by atoms with Crippen LogP contribution in [0.5, 0.6) is 0 Å². The zero-order chi connectivity index (χ0) is 12.7. The van der Waals surface area contributed by atoms with E-state index in [1.54, 1.807) is 18.0 Å². The Hall–Kier alpha value is -0.870. The zero-order valence-corrected chi connectivity index (χ0v) is 11.2. The van der Waals surface area contributed by atoms with Crippen molar-refractivity contribution in [3.63, 3.8) is 0 Å². The second-order valence-corrected chi connectivity index (χ2v) is 5.61. The molecule has 0 amide bonds. The lowest BCUT2D eigenvalue weighted by Crippen LogP contribution is -2.16. The van der Waals surface area contributed by atoms with E-state index in [0.29, 0.717) is 35.7 Å². The second-order valence-electron chi connectivity index (χ2n) is 5.21. The minimum Gasteiger partial charge on any atom is -0.383 e. The van der Waals surface area contributed by atoms with Gasteiger partial charge in [0, 0.05) is 13.0 Å². The molecule has 1 aromatic rings. The quantitative estimate of drug-likeness (QED) is 0.771. The van der Waals surface area contributed by atoms with Crippen LogP contribution >= 0.6 is 11.6 Å². The van der Waals surface area contributed by atoms with Crippen LogP contribution in [0.2, 0.25) is 5.02 Å². The SMILES string of the molecule is COCCn1ncc(Cl)c1C(=O)C1C2CCCC21. The van der Waals surface area contributed by atoms with Crippen molar-refractivity contribution >= 4 is 17.4 Å². The molecule has 18 heavy (non-hydrogen) atoms. The first-order valence-corrected chi connectivity index (χ1v) is 6.86. The van der Waals surface area contributed by atoms with E-state index < -0.39 is 0 Å². The molecular formula is C13H17ClN2O2. The van der Waals surface area contributed by atoms with Gasteiger partial charge in [-0.05, 0) is 24.7 Å². The number of halogens is 1. The first kappa shape index (κ1) is 12.2. The summed E-state index contributed by atoms with van der Waals surface area (Å²) in [5.41, 5.74) is 0.577. The number of carbonyl (C=O) groups is 1. The molecule has 0 aliphatic heterocycles. The van der Waals surface area contributed by atoms with E-state index in [9.17, 15) is 4.79 Å². The number of carbonyl (C=O) groups excluding carboxylic acids is 1. The summed E-state index contributed by atoms with van der Waals surface area (Å²) in [6.45, 7) is 1.11. The molecule has 1 aromatic heterocycles. The summed E-state index contributed by atoms with van der Waals surface area (Å²) in [5.74, 6) is 1.61. The topological polar surface area (TPSA) is 44.1 Å². The van der Waals surface area contributed by atoms with Crippen LogP contribution < -0.4 is 0 Å². The predicted octanol–water partition coefficient (Wildman–Crippen LogP) is 2.41. The van der Waals surface area contributed by atoms with Crippen molar-refractivity contribution in [2.75, 3.05) is 13.7 Å². The molecule has 2 unspecified atom stereocenters. The Kier molecular flexibility index (Phi) is 3.16. The van der Waals surface area contributed by atoms with Gasteiger partial charge >= 0.3 is 0 Å². The highest BCUT2D eigenvalue weighted by atomic mass is 35.5. The Morgan fingerprint density at radius 3 is 2.94 bits per heavy atom. The highest BCUT2D eigenvalue weighted by Crippen LogP contribution is 2.58. The number of ether oxygens (including phenoxy) is 1. The van der Waals surface area contributed by atoms with Crippen LogP contribution in [0.3, 0.4) is 0 Å². The molecule has 0 aromatic carbocycles. The van der Waals surface area contributed by atoms with Crippen molar-refractivity contribution in [3.8, 4) is 0 Å². The summed E-state index contributed by atoms with van der Waals surface area (Å²) >= 11 is 6.10. The van der Waals surface area contributed by atoms with Gasteiger partial charge in [-0.2, -0.15) is 5.10 Å². The number of aromatic nitrogens is 2. The van der Waals surface area contributed by atoms with E-state index in [-0.39, 0.29) is 11.7 Å². The largest absolute Gasteiger partial charge is 0.383 e. The summed E-state index contributed by atoms with van der Waals surface area (Å²) in [4.78, 5) is 12.5. The Labute approximate surface area is 111 Å². The Bertz CT molecular complexity index is 462. The Morgan fingerprint density at radius 1 is 1.56 bits per heavy atom. The molecule has 2 aliphatic rings. The van der Waals surface area contributed by atoms with E-state index in [0.717, 1.165) is 0 Å². The van der Waals surface area contributed by atoms with Gasteiger partial charge in [-0.15, -0.1) is 0 Å². The first-order chi connectivity index (χ1) is 8.74. The highest BCUT2D eigenvalue weighted by Gasteiger charge is 2.57. The lowest BCUT2D eigenvalue weighted by molar-refractivity contribution is 0.0937. The lowest BCUT2D eigenvalue weighted by atomic mass is 10.1. The molecule has 5 heteroatoms. The number of methoxy groups -OCH3 is 1. The fourth-order valence-electron chi connectivity index (χ4n) is 3.32. The summed E-state index contributed by atoms with van der Waals surface area (Å²) < 4.78 is 6.71. The third-order valence-corrected chi connectivity index (χ3v) is 4.52. The van der Waals surface area contributed by atoms with Gasteiger partial charge in [0.1, 0.15) is 5.69 Å². The molecule has 1 heterocycles. The fraction of sp³-hybridized carbons (Fsp3) is 0.692. The van der Waals surface area contributed by atoms with Crippen LogP contribution in [-0.2, 0) is 11.3 Å². The molecule has 4 nitrogen and oxygen atoms in total. The average molecular weight is 269 g/mol. The van der Waals surface area contributed by atoms with Gasteiger partial charge in [-0.3, -0.25) is 9.48 Å². The van der Waals surface area contributed by atoms with E-state index in [2.05, 4.69) is 5.10 Å². The maximum Gasteiger partial charge on any atom is 0.186 e. The van der Waals surface area contributed by atoms with Crippen LogP contribution in [-0.4, -0.2) is 29.3 Å². The smallest absolute Gasteiger partial charge is 0.186 e. The molecule has 0 saturated heterocycles. The van der Waals surface area contributed by atoms with E-state index in [1.165, 1.54) is 19.3 Å². The van der Waals surface area contributed by atoms with Crippen LogP contribution in [0.1, 0.15) is 29.8 Å². The third-order valence-electron chi connectivity index (χ3n) is 4.24. The van der Waals surface area contributed by atoms with Gasteiger partial charge in [-0.1, -0.05) is 18.0 Å². The molecular weight excluding hydrogens is 252 g/mol. The summed E-state index contributed by atoms with van der Waals surface area (Å²) in [7, 11) is 1.64. The maximum absolute atomic E-state index is 12.5. The number of hydrogen-bond acceptors (Lipinski definition) is 3. The second kappa shape index (κ2) is 4.67. The van der Waals surface area contributed by atoms with E-state index in [1.807, 2.05) is 0 Å². The molecule has 98 valence electrons. The molecule has 2 aliphatic carbocycles. The van der Waals surface area contributed by atoms with Gasteiger partial charge < -0.3 is 4.74 Å². The van der Waals surface area contributed by atoms with Gasteiger partial charge in [-0.25, -0.2) is 0 Å². The summed E-state index contributed by atoms with van der Waals surface area (Å²) in [6, 6.07) is 0. The normalized spacial score (nSPS) is 29.3. The van der Waals surface area contributed by atoms with Crippen LogP contribution in [0.25, 0.3) is 0 Å². The molecule has 3 rings (SSSR count). The number of fused-ring (bicyclic) bond motifs is 1. The van der Waals surface area contributed by atoms with Crippen molar-refractivity contribution in [1.82, 2.24) is 9.78 Å². The lowest BCUT2D eigenvalue weighted by Gasteiger charge is -2.07. The van der Waals surface area contributed by atoms with Crippen molar-refractivity contribution in [1.29, 1.82) is 0 Å². The van der Waals surface area contributed by atoms with E-state index >= 15 is 0 Å². The van der Waals surface area contributed by atoms with Crippen molar-refractivity contribution in [3.05, 3.63) is 16.9 Å². The standard InChI is InChI=1S/C13H17ClN2O2/c1-18-6-5-16-12(10(14)7-15-16)13(17)11-8-3-2-4-9(8)11/h7-9,11H,2-6H2,1H3. The van der Waals surface area contributed by atoms with Crippen LogP contribution in [0.15, 0.2) is 6.20 Å². The first-order valence-electron chi connectivity index (χ1n) is 6.48. The molecule has 2 atom stereocenters. The van der Waals surface area contributed by atoms with Crippen LogP contribution in [0.4, 0.5) is 0 Å². The van der Waals surface area contributed by atoms with Gasteiger partial charge in [0.15, 0.2) is 5.78 Å². The molecule has 0 N–H and O–H groups in total. The minimum absolute atomic E-state index is 0.184. The number of hydrogen-bond donors (Lipinski definition) is 0. The number of ketones is 1. The van der Waals surface area contributed by atoms with Gasteiger partial charge in [0.2, 0.25) is 0 Å². The average Bonchev–Trinajstić information content (AvgIpc) is 2.73. The zero-order valence-electron chi connectivity index (χ0n) is 10.4. The fourth-order valence-corrected chi connectivity index (χ4v) is 3.56. The molecule has 0 spiro atoms. The number of Topliss-reactive ketones (excluding diaryl/α,β-unsaturated/α-hetero) is 1. The van der Waals surface area contributed by atoms with Crippen molar-refractivity contribution < 1.29 is 9.53 Å². The third kappa shape index (κ3) is 1.88. The minimum atomic E-state index is 0.184. The van der Waals surface area contributed by atoms with Crippen LogP contribution in [0, 0.1) is 17.8 Å². The van der Waals surface area contributed by atoms with Crippen molar-refractivity contribution in [2.24, 2.45) is 17.8 Å². The molecule has 0 radical (unpaired) electrons. The molecule has 0 bridgehead atoms. The number of nitrogens with zero attached hydrogens (tertiary/aromatic N) is 2. The maximum atomic E-state index is 12.5. The Morgan fingerprint density at radius 2 is 2.28 bits per heavy atom. The monoisotopic (exact) mass is 268 g/mol. The molecule has 2 fully saturated rings. The summed E-state index contributed by atoms with van der Waals surface area (Å²) in [6.07, 6.45) is 5.23. The summed E-state index contributed by atoms with van der Waals surface area (Å²) in [5, 5.41) is 4.64. The molecule has 2 saturated carbocycles. The number of rotatable bonds is 5. The van der Waals surface area contributed by atoms with Gasteiger partial charge in [0.05, 0.1) is 24.4 Å². The Balaban J connectivity index is 1.78. The predicted molar refractivity (Wildman–Crippen MR) is 67.8 cm³/mol. The van der Waals surface area contributed by atoms with Gasteiger partial charge in [0.25, 0.3) is 0 Å².